The quantitative estimate of drug-likeness (QED) is 0.593. The van der Waals surface area contributed by atoms with Gasteiger partial charge in [-0.2, -0.15) is 0 Å². The SMILES string of the molecule is CC[C@H](NC(=O)C[C@@H](CN)CC(C)C)C(=O)O. The molecule has 5 heteroatoms. The fourth-order valence-electron chi connectivity index (χ4n) is 1.78. The molecule has 5 nitrogen and oxygen atoms in total. The third kappa shape index (κ3) is 6.94. The van der Waals surface area contributed by atoms with Crippen molar-refractivity contribution >= 4 is 11.9 Å². The molecule has 0 saturated carbocycles. The summed E-state index contributed by atoms with van der Waals surface area (Å²) in [5.41, 5.74) is 5.60. The highest BCUT2D eigenvalue weighted by molar-refractivity contribution is 5.83. The molecule has 0 saturated heterocycles. The van der Waals surface area contributed by atoms with E-state index in [-0.39, 0.29) is 11.8 Å². The summed E-state index contributed by atoms with van der Waals surface area (Å²) in [6.07, 6.45) is 1.57. The predicted octanol–water partition coefficient (Wildman–Crippen LogP) is 0.977. The highest BCUT2D eigenvalue weighted by Crippen LogP contribution is 2.14. The molecule has 2 atom stereocenters. The molecule has 0 aromatic heterocycles. The molecule has 0 radical (unpaired) electrons. The van der Waals surface area contributed by atoms with Crippen molar-refractivity contribution in [1.82, 2.24) is 5.32 Å². The van der Waals surface area contributed by atoms with E-state index in [9.17, 15) is 9.59 Å². The largest absolute Gasteiger partial charge is 0.480 e. The van der Waals surface area contributed by atoms with Gasteiger partial charge in [0.15, 0.2) is 0 Å². The summed E-state index contributed by atoms with van der Waals surface area (Å²) >= 11 is 0. The van der Waals surface area contributed by atoms with E-state index in [2.05, 4.69) is 19.2 Å². The van der Waals surface area contributed by atoms with Crippen LogP contribution in [0.15, 0.2) is 0 Å². The number of rotatable bonds is 8. The topological polar surface area (TPSA) is 92.4 Å². The maximum atomic E-state index is 11.6. The number of carbonyl (C=O) groups excluding carboxylic acids is 1. The van der Waals surface area contributed by atoms with Crippen molar-refractivity contribution < 1.29 is 14.7 Å². The summed E-state index contributed by atoms with van der Waals surface area (Å²) in [7, 11) is 0. The summed E-state index contributed by atoms with van der Waals surface area (Å²) < 4.78 is 0. The van der Waals surface area contributed by atoms with Gasteiger partial charge in [0.25, 0.3) is 0 Å². The lowest BCUT2D eigenvalue weighted by molar-refractivity contribution is -0.142. The van der Waals surface area contributed by atoms with Gasteiger partial charge < -0.3 is 16.2 Å². The molecule has 0 aliphatic rings. The van der Waals surface area contributed by atoms with Crippen molar-refractivity contribution in [3.05, 3.63) is 0 Å². The number of aliphatic carboxylic acids is 1. The Hall–Kier alpha value is -1.10. The number of hydrogen-bond acceptors (Lipinski definition) is 3. The maximum Gasteiger partial charge on any atom is 0.326 e. The Kier molecular flexibility index (Phi) is 7.54. The van der Waals surface area contributed by atoms with Gasteiger partial charge in [-0.15, -0.1) is 0 Å². The third-order valence-corrected chi connectivity index (χ3v) is 2.65. The zero-order valence-corrected chi connectivity index (χ0v) is 10.9. The van der Waals surface area contributed by atoms with Crippen LogP contribution in [0, 0.1) is 11.8 Å². The van der Waals surface area contributed by atoms with E-state index in [4.69, 9.17) is 10.8 Å². The second kappa shape index (κ2) is 8.06. The third-order valence-electron chi connectivity index (χ3n) is 2.65. The lowest BCUT2D eigenvalue weighted by Crippen LogP contribution is -2.41. The molecule has 1 amide bonds. The number of carboxylic acid groups (broad SMARTS) is 1. The van der Waals surface area contributed by atoms with E-state index in [1.165, 1.54) is 0 Å². The van der Waals surface area contributed by atoms with Gasteiger partial charge in [0.1, 0.15) is 6.04 Å². The molecule has 100 valence electrons. The lowest BCUT2D eigenvalue weighted by atomic mass is 9.94. The molecule has 0 rings (SSSR count). The molecule has 0 fully saturated rings. The van der Waals surface area contributed by atoms with E-state index < -0.39 is 12.0 Å². The van der Waals surface area contributed by atoms with Crippen LogP contribution in [0.3, 0.4) is 0 Å². The van der Waals surface area contributed by atoms with Crippen molar-refractivity contribution in [3.8, 4) is 0 Å². The molecule has 0 unspecified atom stereocenters. The van der Waals surface area contributed by atoms with Gasteiger partial charge in [-0.25, -0.2) is 4.79 Å². The van der Waals surface area contributed by atoms with Crippen molar-refractivity contribution in [3.63, 3.8) is 0 Å². The Morgan fingerprint density at radius 3 is 2.29 bits per heavy atom. The van der Waals surface area contributed by atoms with E-state index in [1.807, 2.05) is 0 Å². The molecule has 0 aliphatic carbocycles. The van der Waals surface area contributed by atoms with Gasteiger partial charge >= 0.3 is 5.97 Å². The number of amides is 1. The number of carbonyl (C=O) groups is 2. The summed E-state index contributed by atoms with van der Waals surface area (Å²) in [5.74, 6) is -0.608. The van der Waals surface area contributed by atoms with Crippen LogP contribution in [-0.2, 0) is 9.59 Å². The van der Waals surface area contributed by atoms with Crippen molar-refractivity contribution in [2.75, 3.05) is 6.54 Å². The summed E-state index contributed by atoms with van der Waals surface area (Å²) in [6, 6.07) is -0.792. The average Bonchev–Trinajstić information content (AvgIpc) is 2.23. The first kappa shape index (κ1) is 15.9. The van der Waals surface area contributed by atoms with Gasteiger partial charge in [-0.05, 0) is 31.2 Å². The van der Waals surface area contributed by atoms with Crippen LogP contribution in [0.4, 0.5) is 0 Å². The Bertz CT molecular complexity index is 254. The second-order valence-electron chi connectivity index (χ2n) is 4.80. The molecule has 0 spiro atoms. The minimum absolute atomic E-state index is 0.126. The van der Waals surface area contributed by atoms with Crippen LogP contribution < -0.4 is 11.1 Å². The minimum Gasteiger partial charge on any atom is -0.480 e. The first-order chi connectivity index (χ1) is 7.90. The molecule has 0 heterocycles. The highest BCUT2D eigenvalue weighted by atomic mass is 16.4. The number of nitrogens with one attached hydrogen (secondary N) is 1. The predicted molar refractivity (Wildman–Crippen MR) is 66.5 cm³/mol. The van der Waals surface area contributed by atoms with Crippen LogP contribution in [-0.4, -0.2) is 29.6 Å². The molecule has 4 N–H and O–H groups in total. The Labute approximate surface area is 103 Å². The number of carboxylic acids is 1. The van der Waals surface area contributed by atoms with Crippen LogP contribution in [0.25, 0.3) is 0 Å². The molecule has 0 bridgehead atoms. The van der Waals surface area contributed by atoms with Gasteiger partial charge in [0, 0.05) is 6.42 Å². The molecular weight excluding hydrogens is 220 g/mol. The minimum atomic E-state index is -0.992. The number of nitrogens with two attached hydrogens (primary N) is 1. The van der Waals surface area contributed by atoms with Gasteiger partial charge in [-0.3, -0.25) is 4.79 Å². The number of hydrogen-bond donors (Lipinski definition) is 3. The van der Waals surface area contributed by atoms with Crippen LogP contribution in [0.2, 0.25) is 0 Å². The molecule has 0 aromatic carbocycles. The van der Waals surface area contributed by atoms with E-state index >= 15 is 0 Å². The van der Waals surface area contributed by atoms with Crippen molar-refractivity contribution in [2.24, 2.45) is 17.6 Å². The molecule has 0 aromatic rings. The summed E-state index contributed by atoms with van der Waals surface area (Å²) in [6.45, 7) is 6.34. The molecule has 0 aliphatic heterocycles. The van der Waals surface area contributed by atoms with Gasteiger partial charge in [-0.1, -0.05) is 20.8 Å². The highest BCUT2D eigenvalue weighted by Gasteiger charge is 2.20. The zero-order valence-electron chi connectivity index (χ0n) is 10.9. The standard InChI is InChI=1S/C12H24N2O3/c1-4-10(12(16)17)14-11(15)6-9(7-13)5-8(2)3/h8-10H,4-7,13H2,1-3H3,(H,14,15)(H,16,17)/t9-,10-/m0/s1. The molecular formula is C12H24N2O3. The Balaban J connectivity index is 4.18. The van der Waals surface area contributed by atoms with Crippen molar-refractivity contribution in [2.45, 2.75) is 46.1 Å². The fourth-order valence-corrected chi connectivity index (χ4v) is 1.78. The van der Waals surface area contributed by atoms with E-state index in [0.29, 0.717) is 25.3 Å². The summed E-state index contributed by atoms with van der Waals surface area (Å²) in [4.78, 5) is 22.4. The van der Waals surface area contributed by atoms with Crippen molar-refractivity contribution in [1.29, 1.82) is 0 Å². The lowest BCUT2D eigenvalue weighted by Gasteiger charge is -2.18. The molecule has 17 heavy (non-hydrogen) atoms. The first-order valence-electron chi connectivity index (χ1n) is 6.12. The smallest absolute Gasteiger partial charge is 0.326 e. The summed E-state index contributed by atoms with van der Waals surface area (Å²) in [5, 5.41) is 11.3. The van der Waals surface area contributed by atoms with Crippen LogP contribution >= 0.6 is 0 Å². The fraction of sp³-hybridized carbons (Fsp3) is 0.833. The van der Waals surface area contributed by atoms with E-state index in [0.717, 1.165) is 6.42 Å². The Morgan fingerprint density at radius 1 is 1.35 bits per heavy atom. The second-order valence-corrected chi connectivity index (χ2v) is 4.80. The zero-order chi connectivity index (χ0) is 13.4. The van der Waals surface area contributed by atoms with Crippen LogP contribution in [0.1, 0.15) is 40.0 Å². The first-order valence-corrected chi connectivity index (χ1v) is 6.12. The normalized spacial score (nSPS) is 14.4. The average molecular weight is 244 g/mol. The Morgan fingerprint density at radius 2 is 1.94 bits per heavy atom. The maximum absolute atomic E-state index is 11.6. The van der Waals surface area contributed by atoms with Gasteiger partial charge in [0.2, 0.25) is 5.91 Å². The van der Waals surface area contributed by atoms with Gasteiger partial charge in [0.05, 0.1) is 0 Å². The monoisotopic (exact) mass is 244 g/mol. The van der Waals surface area contributed by atoms with Crippen LogP contribution in [0.5, 0.6) is 0 Å². The van der Waals surface area contributed by atoms with E-state index in [1.54, 1.807) is 6.92 Å².